The van der Waals surface area contributed by atoms with Gasteiger partial charge in [-0.3, -0.25) is 0 Å². The van der Waals surface area contributed by atoms with Crippen molar-refractivity contribution in [2.24, 2.45) is 0 Å². The summed E-state index contributed by atoms with van der Waals surface area (Å²) >= 11 is 0. The summed E-state index contributed by atoms with van der Waals surface area (Å²) in [5, 5.41) is 35.3. The van der Waals surface area contributed by atoms with E-state index in [2.05, 4.69) is 0 Å². The maximum atomic E-state index is 10.2. The van der Waals surface area contributed by atoms with Gasteiger partial charge < -0.3 is 29.9 Å². The molecule has 2 rings (SSSR count). The van der Waals surface area contributed by atoms with Gasteiger partial charge in [-0.15, -0.1) is 0 Å². The van der Waals surface area contributed by atoms with Crippen LogP contribution in [-0.4, -0.2) is 46.6 Å². The van der Waals surface area contributed by atoms with Gasteiger partial charge >= 0.3 is 11.9 Å². The van der Waals surface area contributed by atoms with Crippen LogP contribution in [-0.2, 0) is 30.7 Å². The van der Waals surface area contributed by atoms with Crippen LogP contribution < -0.4 is 9.47 Å². The number of hydrogen-bond acceptors (Lipinski definition) is 6. The fourth-order valence-corrected chi connectivity index (χ4v) is 1.93. The molecule has 0 saturated carbocycles. The zero-order valence-electron chi connectivity index (χ0n) is 15.5. The van der Waals surface area contributed by atoms with Crippen molar-refractivity contribution in [2.45, 2.75) is 0 Å². The standard InChI is InChI=1S/2C10H10O4.Pt/c2*1-14-9-6-7(2-4-8(9)11)3-5-10(12)13;/h2*2-6,11H,1H3,(H,12,13);/b2*5-3+;. The number of carbonyl (C=O) groups is 2. The van der Waals surface area contributed by atoms with Gasteiger partial charge in [0.1, 0.15) is 0 Å². The third kappa shape index (κ3) is 9.48. The molecule has 0 saturated heterocycles. The van der Waals surface area contributed by atoms with E-state index in [0.717, 1.165) is 12.2 Å². The normalized spacial score (nSPS) is 10.0. The predicted molar refractivity (Wildman–Crippen MR) is 103 cm³/mol. The van der Waals surface area contributed by atoms with Gasteiger partial charge in [0.2, 0.25) is 0 Å². The summed E-state index contributed by atoms with van der Waals surface area (Å²) < 4.78 is 9.72. The van der Waals surface area contributed by atoms with Gasteiger partial charge in [0.15, 0.2) is 23.0 Å². The molecule has 9 heteroatoms. The second-order valence-corrected chi connectivity index (χ2v) is 5.21. The number of carboxylic acids is 2. The molecule has 0 aromatic heterocycles. The molecule has 2 aromatic rings. The molecule has 0 unspecified atom stereocenters. The van der Waals surface area contributed by atoms with Crippen molar-refractivity contribution in [1.82, 2.24) is 0 Å². The van der Waals surface area contributed by atoms with Crippen LogP contribution in [0.25, 0.3) is 12.2 Å². The molecular weight excluding hydrogens is 563 g/mol. The second kappa shape index (κ2) is 13.0. The van der Waals surface area contributed by atoms with Crippen molar-refractivity contribution < 1.29 is 60.6 Å². The monoisotopic (exact) mass is 583 g/mol. The average molecular weight is 583 g/mol. The smallest absolute Gasteiger partial charge is 0.328 e. The van der Waals surface area contributed by atoms with Gasteiger partial charge in [-0.05, 0) is 47.5 Å². The van der Waals surface area contributed by atoms with Crippen LogP contribution in [0.4, 0.5) is 0 Å². The number of phenolic OH excluding ortho intramolecular Hbond substituents is 2. The molecule has 0 amide bonds. The van der Waals surface area contributed by atoms with E-state index in [1.54, 1.807) is 24.3 Å². The molecule has 0 spiro atoms. The van der Waals surface area contributed by atoms with Crippen LogP contribution in [0.2, 0.25) is 0 Å². The van der Waals surface area contributed by atoms with Crippen molar-refractivity contribution in [1.29, 1.82) is 0 Å². The minimum absolute atomic E-state index is 0. The Labute approximate surface area is 181 Å². The SMILES string of the molecule is COc1cc(/C=C/C(=O)O)ccc1O.COc1cc(/C=C/C(=O)O)ccc1O.[Pt]. The molecular formula is C20H20O8Pt. The zero-order valence-corrected chi connectivity index (χ0v) is 17.8. The van der Waals surface area contributed by atoms with Crippen molar-refractivity contribution in [2.75, 3.05) is 14.2 Å². The number of carboxylic acid groups (broad SMARTS) is 2. The van der Waals surface area contributed by atoms with Crippen LogP contribution in [0, 0.1) is 0 Å². The van der Waals surface area contributed by atoms with Gasteiger partial charge in [0.05, 0.1) is 14.2 Å². The summed E-state index contributed by atoms with van der Waals surface area (Å²) in [4.78, 5) is 20.5. The van der Waals surface area contributed by atoms with Crippen LogP contribution in [0.5, 0.6) is 23.0 Å². The Morgan fingerprint density at radius 1 is 0.759 bits per heavy atom. The third-order valence-electron chi connectivity index (χ3n) is 3.24. The first kappa shape index (κ1) is 25.7. The molecule has 0 fully saturated rings. The number of hydrogen-bond donors (Lipinski definition) is 4. The topological polar surface area (TPSA) is 134 Å². The molecule has 0 heterocycles. The van der Waals surface area contributed by atoms with Crippen molar-refractivity contribution in [3.05, 3.63) is 59.7 Å². The quantitative estimate of drug-likeness (QED) is 0.382. The first-order chi connectivity index (χ1) is 13.3. The van der Waals surface area contributed by atoms with Gasteiger partial charge in [0, 0.05) is 33.2 Å². The van der Waals surface area contributed by atoms with Crippen molar-refractivity contribution >= 4 is 24.1 Å². The van der Waals surface area contributed by atoms with E-state index in [0.29, 0.717) is 22.6 Å². The number of phenols is 2. The van der Waals surface area contributed by atoms with E-state index < -0.39 is 11.9 Å². The zero-order chi connectivity index (χ0) is 21.1. The third-order valence-corrected chi connectivity index (χ3v) is 3.24. The van der Waals surface area contributed by atoms with E-state index in [1.165, 1.54) is 38.5 Å². The van der Waals surface area contributed by atoms with E-state index in [9.17, 15) is 19.8 Å². The average Bonchev–Trinajstić information content (AvgIpc) is 2.67. The Hall–Kier alpha value is -3.25. The summed E-state index contributed by atoms with van der Waals surface area (Å²) in [5.74, 6) is -1.34. The summed E-state index contributed by atoms with van der Waals surface area (Å²) in [7, 11) is 2.86. The molecule has 2 aromatic carbocycles. The summed E-state index contributed by atoms with van der Waals surface area (Å²) in [6, 6.07) is 9.18. The Bertz CT molecular complexity index is 817. The van der Waals surface area contributed by atoms with E-state index in [4.69, 9.17) is 19.7 Å². The molecule has 4 N–H and O–H groups in total. The first-order valence-electron chi connectivity index (χ1n) is 7.82. The Balaban J connectivity index is 0.000000523. The number of methoxy groups -OCH3 is 2. The van der Waals surface area contributed by atoms with Crippen molar-refractivity contribution in [3.8, 4) is 23.0 Å². The number of benzene rings is 2. The largest absolute Gasteiger partial charge is 0.504 e. The molecule has 29 heavy (non-hydrogen) atoms. The Kier molecular flexibility index (Phi) is 11.6. The van der Waals surface area contributed by atoms with E-state index in [-0.39, 0.29) is 32.6 Å². The molecule has 0 aliphatic rings. The van der Waals surface area contributed by atoms with Gasteiger partial charge in [-0.25, -0.2) is 9.59 Å². The number of rotatable bonds is 6. The molecule has 8 nitrogen and oxygen atoms in total. The van der Waals surface area contributed by atoms with E-state index in [1.807, 2.05) is 0 Å². The molecule has 0 bridgehead atoms. The fraction of sp³-hybridized carbons (Fsp3) is 0.100. The van der Waals surface area contributed by atoms with Crippen LogP contribution in [0.15, 0.2) is 48.6 Å². The summed E-state index contributed by atoms with van der Waals surface area (Å²) in [6.45, 7) is 0. The Morgan fingerprint density at radius 2 is 1.10 bits per heavy atom. The fourth-order valence-electron chi connectivity index (χ4n) is 1.93. The molecule has 0 aliphatic heterocycles. The number of ether oxygens (including phenoxy) is 2. The minimum Gasteiger partial charge on any atom is -0.504 e. The number of aliphatic carboxylic acids is 2. The molecule has 0 atom stereocenters. The predicted octanol–water partition coefficient (Wildman–Crippen LogP) is 2.99. The van der Waals surface area contributed by atoms with E-state index >= 15 is 0 Å². The maximum Gasteiger partial charge on any atom is 0.328 e. The summed E-state index contributed by atoms with van der Waals surface area (Å²) in [6.07, 6.45) is 4.88. The van der Waals surface area contributed by atoms with Gasteiger partial charge in [-0.1, -0.05) is 12.1 Å². The molecule has 158 valence electrons. The second-order valence-electron chi connectivity index (χ2n) is 5.21. The van der Waals surface area contributed by atoms with Crippen LogP contribution in [0.3, 0.4) is 0 Å². The molecule has 0 aliphatic carbocycles. The van der Waals surface area contributed by atoms with Crippen LogP contribution in [0.1, 0.15) is 11.1 Å². The van der Waals surface area contributed by atoms with Gasteiger partial charge in [0.25, 0.3) is 0 Å². The minimum atomic E-state index is -1.02. The van der Waals surface area contributed by atoms with Crippen LogP contribution >= 0.6 is 0 Å². The molecule has 0 radical (unpaired) electrons. The Morgan fingerprint density at radius 3 is 1.38 bits per heavy atom. The van der Waals surface area contributed by atoms with Gasteiger partial charge in [-0.2, -0.15) is 0 Å². The first-order valence-corrected chi connectivity index (χ1v) is 7.82. The van der Waals surface area contributed by atoms with Crippen molar-refractivity contribution in [3.63, 3.8) is 0 Å². The number of aromatic hydroxyl groups is 2. The maximum absolute atomic E-state index is 10.2. The summed E-state index contributed by atoms with van der Waals surface area (Å²) in [5.41, 5.74) is 1.31.